The first-order valence-corrected chi connectivity index (χ1v) is 8.68. The van der Waals surface area contributed by atoms with Crippen molar-refractivity contribution in [1.82, 2.24) is 10.2 Å². The van der Waals surface area contributed by atoms with E-state index in [9.17, 15) is 9.59 Å². The Kier molecular flexibility index (Phi) is 7.05. The van der Waals surface area contributed by atoms with Gasteiger partial charge >= 0.3 is 0 Å². The number of nitrogens with zero attached hydrogens (tertiary/aromatic N) is 1. The topological polar surface area (TPSA) is 58.6 Å². The van der Waals surface area contributed by atoms with Crippen molar-refractivity contribution in [2.24, 2.45) is 5.92 Å². The van der Waals surface area contributed by atoms with Gasteiger partial charge in [-0.25, -0.2) is 0 Å². The van der Waals surface area contributed by atoms with Gasteiger partial charge < -0.3 is 15.0 Å². The summed E-state index contributed by atoms with van der Waals surface area (Å²) in [6.07, 6.45) is 1.87. The molecule has 2 amide bonds. The molecule has 1 N–H and O–H groups in total. The number of methoxy groups -OCH3 is 1. The Balaban J connectivity index is 1.76. The molecule has 0 atom stereocenters. The number of amides is 2. The lowest BCUT2D eigenvalue weighted by atomic mass is 9.95. The van der Waals surface area contributed by atoms with Crippen molar-refractivity contribution in [2.45, 2.75) is 19.3 Å². The molecular formula is C17H23BrN2O3. The molecule has 1 saturated heterocycles. The average molecular weight is 383 g/mol. The van der Waals surface area contributed by atoms with Crippen LogP contribution in [0.25, 0.3) is 0 Å². The van der Waals surface area contributed by atoms with Gasteiger partial charge in [-0.3, -0.25) is 9.59 Å². The maximum Gasteiger partial charge on any atom is 0.226 e. The molecule has 0 aliphatic carbocycles. The minimum Gasteiger partial charge on any atom is -0.383 e. The number of nitrogens with one attached hydrogen (secondary N) is 1. The first-order chi connectivity index (χ1) is 11.1. The van der Waals surface area contributed by atoms with E-state index in [2.05, 4.69) is 21.2 Å². The molecule has 126 valence electrons. The molecule has 1 heterocycles. The number of carbonyl (C=O) groups excluding carboxylic acids is 2. The third kappa shape index (κ3) is 5.62. The molecular weight excluding hydrogens is 360 g/mol. The van der Waals surface area contributed by atoms with Gasteiger partial charge in [0.2, 0.25) is 11.8 Å². The third-order valence-electron chi connectivity index (χ3n) is 4.09. The van der Waals surface area contributed by atoms with Crippen molar-refractivity contribution < 1.29 is 14.3 Å². The molecule has 1 aliphatic rings. The maximum atomic E-state index is 12.3. The number of piperidine rings is 1. The second-order valence-corrected chi connectivity index (χ2v) is 6.66. The number of halogens is 1. The summed E-state index contributed by atoms with van der Waals surface area (Å²) < 4.78 is 5.93. The predicted octanol–water partition coefficient (Wildman–Crippen LogP) is 1.99. The molecule has 1 aliphatic heterocycles. The predicted molar refractivity (Wildman–Crippen MR) is 92.0 cm³/mol. The van der Waals surface area contributed by atoms with Crippen LogP contribution >= 0.6 is 15.9 Å². The first-order valence-electron chi connectivity index (χ1n) is 7.89. The van der Waals surface area contributed by atoms with E-state index >= 15 is 0 Å². The Labute approximate surface area is 145 Å². The summed E-state index contributed by atoms with van der Waals surface area (Å²) in [7, 11) is 1.61. The third-order valence-corrected chi connectivity index (χ3v) is 4.62. The first kappa shape index (κ1) is 17.9. The second kappa shape index (κ2) is 9.03. The van der Waals surface area contributed by atoms with Gasteiger partial charge in [-0.05, 0) is 30.5 Å². The highest BCUT2D eigenvalue weighted by atomic mass is 79.9. The molecule has 1 aromatic carbocycles. The SMILES string of the molecule is COCCNC(=O)C1CCN(C(=O)Cc2ccc(Br)cc2)CC1. The molecule has 5 nitrogen and oxygen atoms in total. The summed E-state index contributed by atoms with van der Waals surface area (Å²) >= 11 is 3.39. The van der Waals surface area contributed by atoms with Crippen molar-refractivity contribution in [1.29, 1.82) is 0 Å². The Morgan fingerprint density at radius 2 is 1.91 bits per heavy atom. The molecule has 0 spiro atoms. The maximum absolute atomic E-state index is 12.3. The Morgan fingerprint density at radius 1 is 1.26 bits per heavy atom. The van der Waals surface area contributed by atoms with E-state index in [1.54, 1.807) is 7.11 Å². The number of likely N-dealkylation sites (tertiary alicyclic amines) is 1. The van der Waals surface area contributed by atoms with E-state index in [1.807, 2.05) is 29.2 Å². The highest BCUT2D eigenvalue weighted by Gasteiger charge is 2.26. The largest absolute Gasteiger partial charge is 0.383 e. The fourth-order valence-corrected chi connectivity index (χ4v) is 2.96. The van der Waals surface area contributed by atoms with Gasteiger partial charge in [0, 0.05) is 37.1 Å². The lowest BCUT2D eigenvalue weighted by molar-refractivity contribution is -0.135. The van der Waals surface area contributed by atoms with E-state index in [0.717, 1.165) is 22.9 Å². The summed E-state index contributed by atoms with van der Waals surface area (Å²) in [5.74, 6) is 0.205. The lowest BCUT2D eigenvalue weighted by Crippen LogP contribution is -2.44. The van der Waals surface area contributed by atoms with E-state index < -0.39 is 0 Å². The average Bonchev–Trinajstić information content (AvgIpc) is 2.57. The van der Waals surface area contributed by atoms with Crippen LogP contribution in [0.3, 0.4) is 0 Å². The van der Waals surface area contributed by atoms with Gasteiger partial charge in [-0.1, -0.05) is 28.1 Å². The monoisotopic (exact) mass is 382 g/mol. The zero-order valence-electron chi connectivity index (χ0n) is 13.4. The van der Waals surface area contributed by atoms with Gasteiger partial charge in [0.15, 0.2) is 0 Å². The molecule has 2 rings (SSSR count). The molecule has 0 saturated carbocycles. The summed E-state index contributed by atoms with van der Waals surface area (Å²) in [4.78, 5) is 26.2. The van der Waals surface area contributed by atoms with E-state index in [4.69, 9.17) is 4.74 Å². The lowest BCUT2D eigenvalue weighted by Gasteiger charge is -2.31. The number of carbonyl (C=O) groups is 2. The summed E-state index contributed by atoms with van der Waals surface area (Å²) in [5, 5.41) is 2.87. The van der Waals surface area contributed by atoms with E-state index in [1.165, 1.54) is 0 Å². The van der Waals surface area contributed by atoms with Crippen LogP contribution < -0.4 is 5.32 Å². The zero-order valence-corrected chi connectivity index (χ0v) is 15.0. The fraction of sp³-hybridized carbons (Fsp3) is 0.529. The number of hydrogen-bond donors (Lipinski definition) is 1. The van der Waals surface area contributed by atoms with Crippen molar-refractivity contribution in [3.05, 3.63) is 34.3 Å². The number of hydrogen-bond acceptors (Lipinski definition) is 3. The van der Waals surface area contributed by atoms with E-state index in [-0.39, 0.29) is 17.7 Å². The van der Waals surface area contributed by atoms with Crippen molar-refractivity contribution in [3.8, 4) is 0 Å². The molecule has 0 unspecified atom stereocenters. The summed E-state index contributed by atoms with van der Waals surface area (Å²) in [5.41, 5.74) is 1.01. The molecule has 23 heavy (non-hydrogen) atoms. The summed E-state index contributed by atoms with van der Waals surface area (Å²) in [6, 6.07) is 7.80. The Morgan fingerprint density at radius 3 is 2.52 bits per heavy atom. The van der Waals surface area contributed by atoms with Crippen LogP contribution in [0.2, 0.25) is 0 Å². The normalized spacial score (nSPS) is 15.5. The van der Waals surface area contributed by atoms with Gasteiger partial charge in [0.05, 0.1) is 13.0 Å². The second-order valence-electron chi connectivity index (χ2n) is 5.74. The van der Waals surface area contributed by atoms with Gasteiger partial charge in [-0.2, -0.15) is 0 Å². The van der Waals surface area contributed by atoms with Gasteiger partial charge in [0.25, 0.3) is 0 Å². The van der Waals surface area contributed by atoms with Crippen LogP contribution in [-0.2, 0) is 20.7 Å². The zero-order chi connectivity index (χ0) is 16.7. The number of benzene rings is 1. The van der Waals surface area contributed by atoms with Crippen LogP contribution in [0.15, 0.2) is 28.7 Å². The molecule has 1 aromatic rings. The Bertz CT molecular complexity index is 525. The number of ether oxygens (including phenoxy) is 1. The highest BCUT2D eigenvalue weighted by Crippen LogP contribution is 2.19. The van der Waals surface area contributed by atoms with Crippen molar-refractivity contribution in [2.75, 3.05) is 33.4 Å². The van der Waals surface area contributed by atoms with Crippen molar-refractivity contribution in [3.63, 3.8) is 0 Å². The minimum atomic E-state index is 0.00332. The molecule has 0 radical (unpaired) electrons. The molecule has 0 bridgehead atoms. The van der Waals surface area contributed by atoms with E-state index in [0.29, 0.717) is 32.7 Å². The van der Waals surface area contributed by atoms with Crippen LogP contribution in [0.4, 0.5) is 0 Å². The fourth-order valence-electron chi connectivity index (χ4n) is 2.70. The minimum absolute atomic E-state index is 0.00332. The molecule has 1 fully saturated rings. The highest BCUT2D eigenvalue weighted by molar-refractivity contribution is 9.10. The standard InChI is InChI=1S/C17H23BrN2O3/c1-23-11-8-19-17(22)14-6-9-20(10-7-14)16(21)12-13-2-4-15(18)5-3-13/h2-5,14H,6-12H2,1H3,(H,19,22). The van der Waals surface area contributed by atoms with Crippen LogP contribution in [0, 0.1) is 5.92 Å². The van der Waals surface area contributed by atoms with Crippen LogP contribution in [0.1, 0.15) is 18.4 Å². The summed E-state index contributed by atoms with van der Waals surface area (Å²) in [6.45, 7) is 2.36. The molecule has 6 heteroatoms. The quantitative estimate of drug-likeness (QED) is 0.765. The molecule has 0 aromatic heterocycles. The number of rotatable bonds is 6. The van der Waals surface area contributed by atoms with Gasteiger partial charge in [0.1, 0.15) is 0 Å². The van der Waals surface area contributed by atoms with Gasteiger partial charge in [-0.15, -0.1) is 0 Å². The van der Waals surface area contributed by atoms with Crippen LogP contribution in [-0.4, -0.2) is 50.1 Å². The van der Waals surface area contributed by atoms with Crippen molar-refractivity contribution >= 4 is 27.7 Å². The smallest absolute Gasteiger partial charge is 0.226 e. The Hall–Kier alpha value is -1.40. The van der Waals surface area contributed by atoms with Crippen LogP contribution in [0.5, 0.6) is 0 Å².